The average Bonchev–Trinajstić information content (AvgIpc) is 2.97. The number of aryl methyl sites for hydroxylation is 1. The highest BCUT2D eigenvalue weighted by Gasteiger charge is 2.32. The lowest BCUT2D eigenvalue weighted by Gasteiger charge is -2.10. The molecule has 0 aliphatic rings. The number of halogens is 4. The van der Waals surface area contributed by atoms with Gasteiger partial charge in [0.2, 0.25) is 0 Å². The van der Waals surface area contributed by atoms with Crippen molar-refractivity contribution in [3.8, 4) is 11.5 Å². The van der Waals surface area contributed by atoms with Crippen LogP contribution in [-0.2, 0) is 23.5 Å². The van der Waals surface area contributed by atoms with Gasteiger partial charge in [-0.15, -0.1) is 0 Å². The van der Waals surface area contributed by atoms with Gasteiger partial charge < -0.3 is 4.57 Å². The first-order valence-corrected chi connectivity index (χ1v) is 9.85. The molecule has 0 saturated carbocycles. The first-order valence-electron chi connectivity index (χ1n) is 7.74. The highest BCUT2D eigenvalue weighted by Crippen LogP contribution is 2.33. The third-order valence-electron chi connectivity index (χ3n) is 3.79. The lowest BCUT2D eigenvalue weighted by Crippen LogP contribution is -2.07. The molecular weight excluding hydrogens is 433 g/mol. The van der Waals surface area contributed by atoms with Crippen molar-refractivity contribution in [1.82, 2.24) is 19.5 Å². The standard InChI is InChI=1S/C16H14BrF3N4OS/c1-3-24-11-5-9(16(18,19)20)7-22-14(11)23-15(24)13-12(26(25)4-2)6-10(17)8-21-13/h5-8H,3-4H2,1-2H3. The van der Waals surface area contributed by atoms with Crippen LogP contribution in [0.1, 0.15) is 19.4 Å². The fourth-order valence-corrected chi connectivity index (χ4v) is 3.99. The molecule has 3 rings (SSSR count). The molecule has 0 aromatic carbocycles. The first-order chi connectivity index (χ1) is 12.3. The number of alkyl halides is 3. The molecule has 0 fully saturated rings. The summed E-state index contributed by atoms with van der Waals surface area (Å²) in [5.41, 5.74) is -0.0165. The Bertz CT molecular complexity index is 1000. The van der Waals surface area contributed by atoms with Crippen LogP contribution >= 0.6 is 15.9 Å². The third kappa shape index (κ3) is 3.39. The monoisotopic (exact) mass is 446 g/mol. The van der Waals surface area contributed by atoms with Gasteiger partial charge >= 0.3 is 6.18 Å². The zero-order valence-electron chi connectivity index (χ0n) is 13.8. The van der Waals surface area contributed by atoms with Crippen molar-refractivity contribution < 1.29 is 17.4 Å². The second kappa shape index (κ2) is 7.07. The third-order valence-corrected chi connectivity index (χ3v) is 5.55. The smallest absolute Gasteiger partial charge is 0.322 e. The summed E-state index contributed by atoms with van der Waals surface area (Å²) in [6.07, 6.45) is -2.19. The summed E-state index contributed by atoms with van der Waals surface area (Å²) in [5, 5.41) is 0. The van der Waals surface area contributed by atoms with Crippen LogP contribution in [0.3, 0.4) is 0 Å². The van der Waals surface area contributed by atoms with Crippen molar-refractivity contribution in [1.29, 1.82) is 0 Å². The fourth-order valence-electron chi connectivity index (χ4n) is 2.58. The lowest BCUT2D eigenvalue weighted by molar-refractivity contribution is -0.137. The minimum Gasteiger partial charge on any atom is -0.322 e. The maximum Gasteiger partial charge on any atom is 0.417 e. The van der Waals surface area contributed by atoms with Gasteiger partial charge in [0.25, 0.3) is 0 Å². The van der Waals surface area contributed by atoms with E-state index < -0.39 is 22.5 Å². The number of rotatable bonds is 4. The van der Waals surface area contributed by atoms with Crippen LogP contribution in [0.5, 0.6) is 0 Å². The number of fused-ring (bicyclic) bond motifs is 1. The van der Waals surface area contributed by atoms with Crippen molar-refractivity contribution in [3.05, 3.63) is 34.6 Å². The molecule has 0 N–H and O–H groups in total. The number of hydrogen-bond acceptors (Lipinski definition) is 4. The Labute approximate surface area is 158 Å². The Morgan fingerprint density at radius 2 is 1.92 bits per heavy atom. The predicted molar refractivity (Wildman–Crippen MR) is 96.1 cm³/mol. The zero-order valence-corrected chi connectivity index (χ0v) is 16.2. The minimum atomic E-state index is -4.49. The second-order valence-corrected chi connectivity index (χ2v) is 8.00. The van der Waals surface area contributed by atoms with Crippen LogP contribution < -0.4 is 0 Å². The minimum absolute atomic E-state index is 0.188. The van der Waals surface area contributed by atoms with E-state index in [1.807, 2.05) is 0 Å². The molecule has 3 aromatic rings. The number of aromatic nitrogens is 4. The van der Waals surface area contributed by atoms with Crippen molar-refractivity contribution >= 4 is 37.9 Å². The largest absolute Gasteiger partial charge is 0.417 e. The van der Waals surface area contributed by atoms with Crippen LogP contribution in [0.2, 0.25) is 0 Å². The Morgan fingerprint density at radius 1 is 1.19 bits per heavy atom. The molecule has 0 aliphatic carbocycles. The van der Waals surface area contributed by atoms with E-state index in [0.717, 1.165) is 12.3 Å². The molecule has 3 aromatic heterocycles. The quantitative estimate of drug-likeness (QED) is 0.594. The molecule has 138 valence electrons. The van der Waals surface area contributed by atoms with Crippen molar-refractivity contribution in [3.63, 3.8) is 0 Å². The van der Waals surface area contributed by atoms with Gasteiger partial charge in [-0.25, -0.2) is 9.97 Å². The number of hydrogen-bond donors (Lipinski definition) is 0. The maximum absolute atomic E-state index is 13.0. The Kier molecular flexibility index (Phi) is 5.16. The molecule has 1 unspecified atom stereocenters. The SMILES string of the molecule is CCn1c(-c2ncc(Br)cc2S(=O)CC)nc2ncc(C(F)(F)F)cc21. The van der Waals surface area contributed by atoms with E-state index in [4.69, 9.17) is 0 Å². The van der Waals surface area contributed by atoms with E-state index in [1.165, 1.54) is 0 Å². The molecule has 0 spiro atoms. The maximum atomic E-state index is 13.0. The zero-order chi connectivity index (χ0) is 19.1. The molecule has 0 saturated heterocycles. The summed E-state index contributed by atoms with van der Waals surface area (Å²) in [6.45, 7) is 3.94. The second-order valence-electron chi connectivity index (χ2n) is 5.38. The molecule has 3 heterocycles. The highest BCUT2D eigenvalue weighted by molar-refractivity contribution is 9.10. The lowest BCUT2D eigenvalue weighted by atomic mass is 10.2. The Morgan fingerprint density at radius 3 is 2.54 bits per heavy atom. The van der Waals surface area contributed by atoms with Gasteiger partial charge in [0.1, 0.15) is 5.69 Å². The summed E-state index contributed by atoms with van der Waals surface area (Å²) in [5.74, 6) is 0.729. The van der Waals surface area contributed by atoms with Gasteiger partial charge in [-0.1, -0.05) is 6.92 Å². The van der Waals surface area contributed by atoms with Gasteiger partial charge in [-0.05, 0) is 35.0 Å². The van der Waals surface area contributed by atoms with E-state index in [-0.39, 0.29) is 11.2 Å². The molecule has 5 nitrogen and oxygen atoms in total. The van der Waals surface area contributed by atoms with Gasteiger partial charge in [0.15, 0.2) is 11.5 Å². The Hall–Kier alpha value is -1.81. The molecule has 10 heteroatoms. The summed E-state index contributed by atoms with van der Waals surface area (Å²) < 4.78 is 53.7. The van der Waals surface area contributed by atoms with Crippen LogP contribution in [0, 0.1) is 0 Å². The summed E-state index contributed by atoms with van der Waals surface area (Å²) in [4.78, 5) is 13.0. The van der Waals surface area contributed by atoms with Crippen molar-refractivity contribution in [2.24, 2.45) is 0 Å². The van der Waals surface area contributed by atoms with Gasteiger partial charge in [0.05, 0.1) is 26.8 Å². The first kappa shape index (κ1) is 19.0. The number of pyridine rings is 2. The van der Waals surface area contributed by atoms with Crippen LogP contribution in [-0.4, -0.2) is 29.5 Å². The van der Waals surface area contributed by atoms with E-state index >= 15 is 0 Å². The summed E-state index contributed by atoms with van der Waals surface area (Å²) in [7, 11) is -1.31. The molecule has 0 radical (unpaired) electrons. The molecule has 0 bridgehead atoms. The fraction of sp³-hybridized carbons (Fsp3) is 0.312. The molecule has 26 heavy (non-hydrogen) atoms. The predicted octanol–water partition coefficient (Wildman–Crippen LogP) is 4.42. The number of nitrogens with zero attached hydrogens (tertiary/aromatic N) is 4. The van der Waals surface area contributed by atoms with Gasteiger partial charge in [-0.2, -0.15) is 13.2 Å². The molecule has 0 aliphatic heterocycles. The highest BCUT2D eigenvalue weighted by atomic mass is 79.9. The van der Waals surface area contributed by atoms with Crippen LogP contribution in [0.4, 0.5) is 13.2 Å². The van der Waals surface area contributed by atoms with E-state index in [2.05, 4.69) is 30.9 Å². The number of imidazole rings is 1. The van der Waals surface area contributed by atoms with E-state index in [9.17, 15) is 17.4 Å². The van der Waals surface area contributed by atoms with Crippen LogP contribution in [0.25, 0.3) is 22.7 Å². The summed E-state index contributed by atoms with van der Waals surface area (Å²) in [6, 6.07) is 2.72. The van der Waals surface area contributed by atoms with Gasteiger partial charge in [-0.3, -0.25) is 9.19 Å². The summed E-state index contributed by atoms with van der Waals surface area (Å²) >= 11 is 3.31. The normalized spacial score (nSPS) is 13.3. The van der Waals surface area contributed by atoms with E-state index in [0.29, 0.717) is 33.2 Å². The molecular formula is C16H14BrF3N4OS. The Balaban J connectivity index is 2.28. The molecule has 0 amide bonds. The topological polar surface area (TPSA) is 60.7 Å². The van der Waals surface area contributed by atoms with Crippen molar-refractivity contribution in [2.45, 2.75) is 31.5 Å². The van der Waals surface area contributed by atoms with Crippen LogP contribution in [0.15, 0.2) is 33.9 Å². The van der Waals surface area contributed by atoms with Crippen molar-refractivity contribution in [2.75, 3.05) is 5.75 Å². The average molecular weight is 447 g/mol. The van der Waals surface area contributed by atoms with E-state index in [1.54, 1.807) is 30.7 Å². The van der Waals surface area contributed by atoms with Gasteiger partial charge in [0, 0.05) is 29.2 Å². The molecule has 1 atom stereocenters.